The molecule has 0 saturated carbocycles. The van der Waals surface area contributed by atoms with E-state index in [0.29, 0.717) is 0 Å². The number of nitrogens with one attached hydrogen (secondary N) is 1. The van der Waals surface area contributed by atoms with Crippen molar-refractivity contribution in [2.45, 2.75) is 18.4 Å². The summed E-state index contributed by atoms with van der Waals surface area (Å²) in [6, 6.07) is 72.6. The van der Waals surface area contributed by atoms with Crippen molar-refractivity contribution in [1.82, 2.24) is 4.57 Å². The number of rotatable bonds is 6. The van der Waals surface area contributed by atoms with E-state index >= 15 is 0 Å². The molecule has 0 bridgehead atoms. The average molecular weight is 780 g/mol. The van der Waals surface area contributed by atoms with E-state index in [2.05, 4.69) is 228 Å². The van der Waals surface area contributed by atoms with Gasteiger partial charge in [-0.25, -0.2) is 4.99 Å². The normalized spacial score (nSPS) is 16.1. The van der Waals surface area contributed by atoms with E-state index in [4.69, 9.17) is 4.99 Å². The van der Waals surface area contributed by atoms with Crippen molar-refractivity contribution < 1.29 is 0 Å². The van der Waals surface area contributed by atoms with Crippen LogP contribution in [-0.4, -0.2) is 10.3 Å². The molecule has 3 nitrogen and oxygen atoms in total. The molecule has 1 N–H and O–H groups in total. The lowest BCUT2D eigenvalue weighted by Crippen LogP contribution is -2.26. The molecule has 1 aliphatic heterocycles. The fraction of sp³-hybridized carbons (Fsp3) is 0.0517. The number of aliphatic imine (C=N–C) groups is 1. The molecule has 2 atom stereocenters. The van der Waals surface area contributed by atoms with Gasteiger partial charge in [-0.1, -0.05) is 188 Å². The number of hydrogen-bond acceptors (Lipinski definition) is 2. The highest BCUT2D eigenvalue weighted by Gasteiger charge is 2.29. The minimum Gasteiger partial charge on any atom is -0.371 e. The first kappa shape index (κ1) is 35.2. The molecule has 1 aliphatic carbocycles. The Morgan fingerprint density at radius 1 is 0.492 bits per heavy atom. The van der Waals surface area contributed by atoms with E-state index in [0.717, 1.165) is 34.8 Å². The average Bonchev–Trinajstić information content (AvgIpc) is 3.68. The molecule has 9 aromatic carbocycles. The first-order valence-corrected chi connectivity index (χ1v) is 21.3. The van der Waals surface area contributed by atoms with Gasteiger partial charge in [-0.2, -0.15) is 0 Å². The number of nitrogens with zero attached hydrogens (tertiary/aromatic N) is 2. The van der Waals surface area contributed by atoms with Crippen LogP contribution in [0.3, 0.4) is 0 Å². The summed E-state index contributed by atoms with van der Waals surface area (Å²) < 4.78 is 2.49. The molecule has 0 spiro atoms. The number of hydrogen-bond donors (Lipinski definition) is 1. The predicted octanol–water partition coefficient (Wildman–Crippen LogP) is 15.3. The highest BCUT2D eigenvalue weighted by Crippen LogP contribution is 2.47. The van der Waals surface area contributed by atoms with Crippen molar-refractivity contribution in [3.8, 4) is 27.9 Å². The van der Waals surface area contributed by atoms with Gasteiger partial charge < -0.3 is 9.88 Å². The summed E-state index contributed by atoms with van der Waals surface area (Å²) in [5, 5.41) is 11.5. The summed E-state index contributed by atoms with van der Waals surface area (Å²) in [6.07, 6.45) is 7.97. The third-order valence-electron chi connectivity index (χ3n) is 12.7. The molecular formula is C58H41N3. The van der Waals surface area contributed by atoms with Gasteiger partial charge in [0.2, 0.25) is 0 Å². The summed E-state index contributed by atoms with van der Waals surface area (Å²) in [6.45, 7) is 0. The van der Waals surface area contributed by atoms with Gasteiger partial charge in [0.1, 0.15) is 0 Å². The minimum atomic E-state index is -0.0993. The van der Waals surface area contributed by atoms with Crippen LogP contribution >= 0.6 is 0 Å². The lowest BCUT2D eigenvalue weighted by atomic mass is 9.85. The molecule has 0 fully saturated rings. The van der Waals surface area contributed by atoms with Gasteiger partial charge >= 0.3 is 0 Å². The zero-order valence-corrected chi connectivity index (χ0v) is 33.5. The molecule has 0 saturated heterocycles. The van der Waals surface area contributed by atoms with E-state index in [-0.39, 0.29) is 12.0 Å². The second-order valence-corrected chi connectivity index (χ2v) is 16.3. The van der Waals surface area contributed by atoms with Gasteiger partial charge in [-0.15, -0.1) is 0 Å². The summed E-state index contributed by atoms with van der Waals surface area (Å²) in [7, 11) is 0. The maximum absolute atomic E-state index is 5.64. The van der Waals surface area contributed by atoms with E-state index in [1.165, 1.54) is 76.7 Å². The van der Waals surface area contributed by atoms with Gasteiger partial charge in [-0.05, 0) is 97.3 Å². The van der Waals surface area contributed by atoms with Crippen molar-refractivity contribution in [2.75, 3.05) is 5.32 Å². The molecule has 2 heterocycles. The molecule has 0 amide bonds. The smallest absolute Gasteiger partial charge is 0.0946 e. The van der Waals surface area contributed by atoms with Crippen LogP contribution in [-0.2, 0) is 0 Å². The van der Waals surface area contributed by atoms with Crippen LogP contribution in [0.15, 0.2) is 229 Å². The second-order valence-electron chi connectivity index (χ2n) is 16.3. The van der Waals surface area contributed by atoms with Crippen LogP contribution in [0.5, 0.6) is 0 Å². The molecule has 1 aromatic heterocycles. The van der Waals surface area contributed by atoms with Crippen molar-refractivity contribution >= 4 is 60.4 Å². The van der Waals surface area contributed by atoms with Gasteiger partial charge in [0.05, 0.1) is 34.2 Å². The predicted molar refractivity (Wildman–Crippen MR) is 258 cm³/mol. The Labute approximate surface area is 355 Å². The lowest BCUT2D eigenvalue weighted by molar-refractivity contribution is 0.846. The van der Waals surface area contributed by atoms with Crippen molar-refractivity contribution in [3.63, 3.8) is 0 Å². The fourth-order valence-corrected chi connectivity index (χ4v) is 9.92. The Morgan fingerprint density at radius 2 is 1.00 bits per heavy atom. The maximum atomic E-state index is 5.64. The van der Waals surface area contributed by atoms with Gasteiger partial charge in [-0.3, -0.25) is 0 Å². The lowest BCUT2D eigenvalue weighted by Gasteiger charge is -2.30. The van der Waals surface area contributed by atoms with Crippen LogP contribution < -0.4 is 5.32 Å². The van der Waals surface area contributed by atoms with E-state index in [9.17, 15) is 0 Å². The molecule has 12 rings (SSSR count). The molecule has 2 unspecified atom stereocenters. The third-order valence-corrected chi connectivity index (χ3v) is 12.7. The zero-order valence-electron chi connectivity index (χ0n) is 33.5. The molecule has 2 aliphatic rings. The van der Waals surface area contributed by atoms with Gasteiger partial charge in [0, 0.05) is 22.4 Å². The Balaban J connectivity index is 1.14. The molecule has 10 aromatic rings. The number of fused-ring (bicyclic) bond motifs is 8. The summed E-state index contributed by atoms with van der Waals surface area (Å²) in [5.41, 5.74) is 14.9. The van der Waals surface area contributed by atoms with Crippen LogP contribution in [0, 0.1) is 0 Å². The fourth-order valence-electron chi connectivity index (χ4n) is 9.92. The second kappa shape index (κ2) is 14.5. The Morgan fingerprint density at radius 3 is 1.57 bits per heavy atom. The van der Waals surface area contributed by atoms with Crippen LogP contribution in [0.1, 0.15) is 29.5 Å². The standard InChI is InChI=1S/C58H41N3/c1-5-18-38(19-6-1)42-26-17-27-43(34-42)58-57(41-24-11-4-12-25-41)59-51-33-32-44(35-52(51)60-58)61-53-36-49(39-20-7-2-8-21-39)45-28-13-15-30-47(45)55(53)56-48-31-16-14-29-46(48)50(37-54(56)61)40-22-9-3-10-23-40/h1-25,27-37,42,57,59H,26H2. The topological polar surface area (TPSA) is 29.3 Å². The largest absolute Gasteiger partial charge is 0.371 e. The molecule has 0 radical (unpaired) electrons. The number of anilines is 1. The SMILES string of the molecule is C1=CC(C2=Nc3cc(-n4c5cc(-c6ccccc6)c6ccccc6c5c5c6ccccc6c(-c6ccccc6)cc54)ccc3NC2c2ccccc2)=CC(c2ccccc2)C1. The molecule has 3 heteroatoms. The summed E-state index contributed by atoms with van der Waals surface area (Å²) in [4.78, 5) is 5.64. The number of aromatic nitrogens is 1. The monoisotopic (exact) mass is 779 g/mol. The van der Waals surface area contributed by atoms with Crippen LogP contribution in [0.2, 0.25) is 0 Å². The number of benzene rings is 9. The van der Waals surface area contributed by atoms with E-state index in [1.54, 1.807) is 0 Å². The van der Waals surface area contributed by atoms with Crippen molar-refractivity contribution in [1.29, 1.82) is 0 Å². The van der Waals surface area contributed by atoms with Crippen LogP contribution in [0.25, 0.3) is 71.3 Å². The van der Waals surface area contributed by atoms with Gasteiger partial charge in [0.15, 0.2) is 0 Å². The maximum Gasteiger partial charge on any atom is 0.0946 e. The first-order valence-electron chi connectivity index (χ1n) is 21.3. The van der Waals surface area contributed by atoms with E-state index in [1.807, 2.05) is 0 Å². The van der Waals surface area contributed by atoms with Gasteiger partial charge in [0.25, 0.3) is 0 Å². The quantitative estimate of drug-likeness (QED) is 0.179. The number of allylic oxidation sites excluding steroid dienone is 3. The first-order chi connectivity index (χ1) is 30.3. The summed E-state index contributed by atoms with van der Waals surface area (Å²) >= 11 is 0. The minimum absolute atomic E-state index is 0.0993. The van der Waals surface area contributed by atoms with E-state index < -0.39 is 0 Å². The highest BCUT2D eigenvalue weighted by atomic mass is 15.0. The van der Waals surface area contributed by atoms with Crippen LogP contribution in [0.4, 0.5) is 11.4 Å². The molecule has 61 heavy (non-hydrogen) atoms. The highest BCUT2D eigenvalue weighted by molar-refractivity contribution is 6.31. The summed E-state index contributed by atoms with van der Waals surface area (Å²) in [5.74, 6) is 0.285. The Bertz CT molecular complexity index is 3260. The van der Waals surface area contributed by atoms with Crippen molar-refractivity contribution in [3.05, 3.63) is 235 Å². The Hall–Kier alpha value is -7.75. The van der Waals surface area contributed by atoms with Crippen molar-refractivity contribution in [2.24, 2.45) is 4.99 Å². The Kier molecular flexibility index (Phi) is 8.38. The zero-order chi connectivity index (χ0) is 40.3. The third kappa shape index (κ3) is 5.92. The molecular weight excluding hydrogens is 739 g/mol. The molecule has 288 valence electrons.